The predicted octanol–water partition coefficient (Wildman–Crippen LogP) is 2.45. The fraction of sp³-hybridized carbons (Fsp3) is 0.524. The first-order valence-corrected chi connectivity index (χ1v) is 11.2. The van der Waals surface area contributed by atoms with E-state index in [1.54, 1.807) is 0 Å². The van der Waals surface area contributed by atoms with Gasteiger partial charge >= 0.3 is 0 Å². The summed E-state index contributed by atoms with van der Waals surface area (Å²) in [6.45, 7) is 5.45. The molecule has 0 unspecified atom stereocenters. The lowest BCUT2D eigenvalue weighted by atomic mass is 9.73. The molecule has 4 aliphatic rings. The highest BCUT2D eigenvalue weighted by Gasteiger charge is 2.54. The van der Waals surface area contributed by atoms with Gasteiger partial charge in [-0.15, -0.1) is 10.2 Å². The Morgan fingerprint density at radius 3 is 2.68 bits per heavy atom. The Kier molecular flexibility index (Phi) is 3.59. The third-order valence-electron chi connectivity index (χ3n) is 6.88. The lowest BCUT2D eigenvalue weighted by molar-refractivity contribution is 0.151. The predicted molar refractivity (Wildman–Crippen MR) is 115 cm³/mol. The highest BCUT2D eigenvalue weighted by molar-refractivity contribution is 6.30. The minimum atomic E-state index is 0.275. The molecule has 160 valence electrons. The van der Waals surface area contributed by atoms with E-state index in [9.17, 15) is 0 Å². The van der Waals surface area contributed by atoms with E-state index in [1.165, 1.54) is 18.4 Å². The third kappa shape index (κ3) is 2.79. The van der Waals surface area contributed by atoms with Gasteiger partial charge in [0.1, 0.15) is 0 Å². The first-order chi connectivity index (χ1) is 15.1. The van der Waals surface area contributed by atoms with Crippen molar-refractivity contribution >= 4 is 23.5 Å². The molecule has 0 atom stereocenters. The van der Waals surface area contributed by atoms with Crippen LogP contribution in [-0.2, 0) is 13.1 Å². The first-order valence-electron chi connectivity index (χ1n) is 10.8. The van der Waals surface area contributed by atoms with Gasteiger partial charge in [0.25, 0.3) is 5.95 Å². The average Bonchev–Trinajstić information content (AvgIpc) is 3.32. The smallest absolute Gasteiger partial charge is 0.266 e. The van der Waals surface area contributed by atoms with Gasteiger partial charge in [0, 0.05) is 49.1 Å². The number of nitrogens with zero attached hydrogens (tertiary/aromatic N) is 8. The van der Waals surface area contributed by atoms with Crippen LogP contribution in [0.15, 0.2) is 22.7 Å². The second-order valence-electron chi connectivity index (χ2n) is 9.62. The molecule has 0 bridgehead atoms. The second kappa shape index (κ2) is 6.20. The van der Waals surface area contributed by atoms with E-state index < -0.39 is 0 Å². The highest BCUT2D eigenvalue weighted by atomic mass is 35.5. The number of rotatable bonds is 3. The number of halogens is 1. The van der Waals surface area contributed by atoms with Crippen molar-refractivity contribution in [2.45, 2.75) is 31.8 Å². The minimum absolute atomic E-state index is 0.275. The quantitative estimate of drug-likeness (QED) is 0.617. The zero-order chi connectivity index (χ0) is 20.7. The molecule has 7 rings (SSSR count). The van der Waals surface area contributed by atoms with Crippen LogP contribution < -0.4 is 9.80 Å². The van der Waals surface area contributed by atoms with E-state index in [-0.39, 0.29) is 5.41 Å². The van der Waals surface area contributed by atoms with Gasteiger partial charge in [0.2, 0.25) is 11.8 Å². The standard InChI is InChI=1S/C21H23ClN8O/c1-27-7-14-6-15(22)4-5-16(14)30-17(8-27)24-25-20(30)29-11-21(12-29)9-28(10-21)19-23-18(31-26-19)13-2-3-13/h4-6,13H,2-3,7-12H2,1H3. The summed E-state index contributed by atoms with van der Waals surface area (Å²) in [5, 5.41) is 14.0. The molecule has 9 nitrogen and oxygen atoms in total. The SMILES string of the molecule is CN1Cc2cc(Cl)ccc2-n2c(nnc2N2CC3(CN(c4noc(C5CC5)n4)C3)C2)C1. The molecule has 0 radical (unpaired) electrons. The Hall–Kier alpha value is -2.65. The summed E-state index contributed by atoms with van der Waals surface area (Å²) in [5.41, 5.74) is 2.60. The summed E-state index contributed by atoms with van der Waals surface area (Å²) in [5.74, 6) is 3.94. The zero-order valence-corrected chi connectivity index (χ0v) is 18.1. The zero-order valence-electron chi connectivity index (χ0n) is 17.3. The Labute approximate surface area is 184 Å². The van der Waals surface area contributed by atoms with E-state index in [4.69, 9.17) is 16.1 Å². The molecular weight excluding hydrogens is 416 g/mol. The van der Waals surface area contributed by atoms with E-state index >= 15 is 0 Å². The molecule has 31 heavy (non-hydrogen) atoms. The number of anilines is 2. The van der Waals surface area contributed by atoms with Gasteiger partial charge < -0.3 is 14.3 Å². The van der Waals surface area contributed by atoms with Gasteiger partial charge in [-0.1, -0.05) is 11.6 Å². The Morgan fingerprint density at radius 1 is 1.06 bits per heavy atom. The van der Waals surface area contributed by atoms with Crippen molar-refractivity contribution in [1.29, 1.82) is 0 Å². The molecule has 2 saturated heterocycles. The molecule has 1 aliphatic carbocycles. The molecule has 3 aliphatic heterocycles. The topological polar surface area (TPSA) is 79.4 Å². The molecule has 2 aromatic heterocycles. The highest BCUT2D eigenvalue weighted by Crippen LogP contribution is 2.45. The van der Waals surface area contributed by atoms with Crippen molar-refractivity contribution in [1.82, 2.24) is 29.8 Å². The van der Waals surface area contributed by atoms with E-state index in [0.29, 0.717) is 5.92 Å². The Balaban J connectivity index is 1.11. The summed E-state index contributed by atoms with van der Waals surface area (Å²) >= 11 is 6.28. The normalized spacial score (nSPS) is 22.0. The first kappa shape index (κ1) is 18.0. The van der Waals surface area contributed by atoms with E-state index in [0.717, 1.165) is 73.6 Å². The molecule has 1 spiro atoms. The fourth-order valence-electron chi connectivity index (χ4n) is 5.21. The average molecular weight is 439 g/mol. The van der Waals surface area contributed by atoms with Crippen LogP contribution in [0.4, 0.5) is 11.9 Å². The molecule has 1 aromatic carbocycles. The third-order valence-corrected chi connectivity index (χ3v) is 7.11. The maximum absolute atomic E-state index is 6.28. The van der Waals surface area contributed by atoms with Crippen molar-refractivity contribution in [2.75, 3.05) is 43.0 Å². The summed E-state index contributed by atoms with van der Waals surface area (Å²) < 4.78 is 7.63. The molecule has 1 saturated carbocycles. The number of fused-ring (bicyclic) bond motifs is 3. The van der Waals surface area contributed by atoms with Crippen molar-refractivity contribution < 1.29 is 4.52 Å². The number of aromatic nitrogens is 5. The van der Waals surface area contributed by atoms with Crippen molar-refractivity contribution in [3.63, 3.8) is 0 Å². The molecule has 0 amide bonds. The largest absolute Gasteiger partial charge is 0.339 e. The van der Waals surface area contributed by atoms with E-state index in [1.807, 2.05) is 6.07 Å². The van der Waals surface area contributed by atoms with Gasteiger partial charge in [-0.2, -0.15) is 4.98 Å². The second-order valence-corrected chi connectivity index (χ2v) is 10.1. The van der Waals surface area contributed by atoms with Crippen molar-refractivity contribution in [2.24, 2.45) is 5.41 Å². The summed E-state index contributed by atoms with van der Waals surface area (Å²) in [6, 6.07) is 6.08. The van der Waals surface area contributed by atoms with Crippen molar-refractivity contribution in [3.8, 4) is 5.69 Å². The Morgan fingerprint density at radius 2 is 1.87 bits per heavy atom. The molecule has 3 aromatic rings. The van der Waals surface area contributed by atoms with Crippen LogP contribution in [0, 0.1) is 5.41 Å². The lowest BCUT2D eigenvalue weighted by Crippen LogP contribution is -2.73. The minimum Gasteiger partial charge on any atom is -0.339 e. The fourth-order valence-corrected chi connectivity index (χ4v) is 5.40. The van der Waals surface area contributed by atoms with Crippen LogP contribution in [0.1, 0.15) is 36.0 Å². The number of hydrogen-bond acceptors (Lipinski definition) is 8. The molecule has 10 heteroatoms. The van der Waals surface area contributed by atoms with Crippen LogP contribution in [0.3, 0.4) is 0 Å². The maximum Gasteiger partial charge on any atom is 0.266 e. The molecule has 0 N–H and O–H groups in total. The van der Waals surface area contributed by atoms with Gasteiger partial charge in [-0.05, 0) is 48.8 Å². The Bertz CT molecular complexity index is 1170. The van der Waals surface area contributed by atoms with Gasteiger partial charge in [0.15, 0.2) is 5.82 Å². The van der Waals surface area contributed by atoms with E-state index in [2.05, 4.69) is 58.8 Å². The number of hydrogen-bond donors (Lipinski definition) is 0. The number of benzene rings is 1. The monoisotopic (exact) mass is 438 g/mol. The van der Waals surface area contributed by atoms with Crippen LogP contribution in [0.5, 0.6) is 0 Å². The maximum atomic E-state index is 6.28. The van der Waals surface area contributed by atoms with Crippen LogP contribution in [0.25, 0.3) is 5.69 Å². The van der Waals surface area contributed by atoms with Crippen LogP contribution in [-0.4, -0.2) is 63.0 Å². The summed E-state index contributed by atoms with van der Waals surface area (Å²) in [7, 11) is 2.10. The van der Waals surface area contributed by atoms with Crippen LogP contribution in [0.2, 0.25) is 5.02 Å². The summed E-state index contributed by atoms with van der Waals surface area (Å²) in [4.78, 5) is 11.4. The van der Waals surface area contributed by atoms with Crippen molar-refractivity contribution in [3.05, 3.63) is 40.5 Å². The van der Waals surface area contributed by atoms with Gasteiger partial charge in [0.05, 0.1) is 12.2 Å². The lowest BCUT2D eigenvalue weighted by Gasteiger charge is -2.59. The van der Waals surface area contributed by atoms with Gasteiger partial charge in [-0.25, -0.2) is 0 Å². The van der Waals surface area contributed by atoms with Crippen LogP contribution >= 0.6 is 11.6 Å². The molecule has 3 fully saturated rings. The molecule has 5 heterocycles. The summed E-state index contributed by atoms with van der Waals surface area (Å²) in [6.07, 6.45) is 2.35. The van der Waals surface area contributed by atoms with Gasteiger partial charge in [-0.3, -0.25) is 9.47 Å². The molecular formula is C21H23ClN8O.